The Morgan fingerprint density at radius 2 is 2.19 bits per heavy atom. The van der Waals surface area contributed by atoms with Gasteiger partial charge in [-0.1, -0.05) is 11.6 Å². The third-order valence-corrected chi connectivity index (χ3v) is 2.76. The van der Waals surface area contributed by atoms with E-state index in [0.717, 1.165) is 0 Å². The van der Waals surface area contributed by atoms with Crippen molar-refractivity contribution in [2.45, 2.75) is 0 Å². The van der Waals surface area contributed by atoms with Gasteiger partial charge in [0.25, 0.3) is 0 Å². The summed E-state index contributed by atoms with van der Waals surface area (Å²) >= 11 is 9.18. The minimum atomic E-state index is -0.364. The number of hydrogen-bond donors (Lipinski definition) is 1. The summed E-state index contributed by atoms with van der Waals surface area (Å²) in [6.45, 7) is 0. The molecule has 82 valence electrons. The smallest absolute Gasteiger partial charge is 0.148 e. The van der Waals surface area contributed by atoms with Crippen LogP contribution in [0.15, 0.2) is 35.2 Å². The van der Waals surface area contributed by atoms with Crippen molar-refractivity contribution in [1.29, 1.82) is 0 Å². The van der Waals surface area contributed by atoms with Crippen molar-refractivity contribution in [3.63, 3.8) is 0 Å². The molecule has 0 saturated carbocycles. The normalized spacial score (nSPS) is 10.2. The maximum Gasteiger partial charge on any atom is 0.148 e. The largest absolute Gasteiger partial charge is 0.338 e. The maximum atomic E-state index is 13.0. The lowest BCUT2D eigenvalue weighted by atomic mass is 10.3. The molecule has 0 fully saturated rings. The lowest BCUT2D eigenvalue weighted by molar-refractivity contribution is 0.628. The number of halogens is 3. The minimum absolute atomic E-state index is 0.364. The number of rotatable bonds is 2. The predicted molar refractivity (Wildman–Crippen MR) is 64.4 cm³/mol. The average molecular weight is 303 g/mol. The molecule has 6 heteroatoms. The van der Waals surface area contributed by atoms with Gasteiger partial charge in [0.15, 0.2) is 0 Å². The summed E-state index contributed by atoms with van der Waals surface area (Å²) in [6, 6.07) is 4.08. The summed E-state index contributed by atoms with van der Waals surface area (Å²) in [5, 5.41) is 3.33. The third-order valence-electron chi connectivity index (χ3n) is 1.85. The van der Waals surface area contributed by atoms with Crippen molar-refractivity contribution in [3.8, 4) is 0 Å². The third kappa shape index (κ3) is 2.48. The molecule has 0 atom stereocenters. The fourth-order valence-corrected chi connectivity index (χ4v) is 1.61. The van der Waals surface area contributed by atoms with Gasteiger partial charge in [-0.15, -0.1) is 0 Å². The van der Waals surface area contributed by atoms with E-state index in [9.17, 15) is 4.39 Å². The standard InChI is InChI=1S/C10H6BrClFN3/c11-7-4-14-5-15-10(7)16-9-3-6(13)1-2-8(9)12/h1-5H,(H,14,15,16). The molecular weight excluding hydrogens is 296 g/mol. The van der Waals surface area contributed by atoms with Crippen LogP contribution in [0.2, 0.25) is 5.02 Å². The molecule has 0 saturated heterocycles. The van der Waals surface area contributed by atoms with Crippen molar-refractivity contribution in [2.24, 2.45) is 0 Å². The lowest BCUT2D eigenvalue weighted by Crippen LogP contribution is -1.96. The Morgan fingerprint density at radius 3 is 2.94 bits per heavy atom. The number of aromatic nitrogens is 2. The van der Waals surface area contributed by atoms with Crippen LogP contribution in [-0.2, 0) is 0 Å². The molecule has 1 heterocycles. The lowest BCUT2D eigenvalue weighted by Gasteiger charge is -2.08. The molecule has 0 spiro atoms. The van der Waals surface area contributed by atoms with Gasteiger partial charge in [-0.2, -0.15) is 0 Å². The van der Waals surface area contributed by atoms with E-state index in [-0.39, 0.29) is 5.82 Å². The topological polar surface area (TPSA) is 37.8 Å². The molecule has 1 aromatic heterocycles. The van der Waals surface area contributed by atoms with Crippen LogP contribution in [-0.4, -0.2) is 9.97 Å². The van der Waals surface area contributed by atoms with Crippen LogP contribution in [0.5, 0.6) is 0 Å². The second-order valence-electron chi connectivity index (χ2n) is 2.97. The summed E-state index contributed by atoms with van der Waals surface area (Å²) in [5.41, 5.74) is 0.459. The predicted octanol–water partition coefficient (Wildman–Crippen LogP) is 3.78. The van der Waals surface area contributed by atoms with Gasteiger partial charge in [-0.25, -0.2) is 14.4 Å². The van der Waals surface area contributed by atoms with Gasteiger partial charge >= 0.3 is 0 Å². The monoisotopic (exact) mass is 301 g/mol. The van der Waals surface area contributed by atoms with Crippen LogP contribution in [0, 0.1) is 5.82 Å². The Bertz CT molecular complexity index is 521. The first-order valence-corrected chi connectivity index (χ1v) is 5.51. The van der Waals surface area contributed by atoms with Crippen molar-refractivity contribution >= 4 is 39.0 Å². The van der Waals surface area contributed by atoms with Crippen molar-refractivity contribution in [3.05, 3.63) is 46.0 Å². The van der Waals surface area contributed by atoms with Gasteiger partial charge in [-0.3, -0.25) is 0 Å². The number of nitrogens with one attached hydrogen (secondary N) is 1. The molecular formula is C10H6BrClFN3. The molecule has 2 rings (SSSR count). The van der Waals surface area contributed by atoms with E-state index in [1.54, 1.807) is 6.20 Å². The van der Waals surface area contributed by atoms with Crippen LogP contribution in [0.4, 0.5) is 15.9 Å². The SMILES string of the molecule is Fc1ccc(Cl)c(Nc2ncncc2Br)c1. The highest BCUT2D eigenvalue weighted by atomic mass is 79.9. The van der Waals surface area contributed by atoms with Gasteiger partial charge in [0.2, 0.25) is 0 Å². The number of anilines is 2. The molecule has 0 aliphatic rings. The number of benzene rings is 1. The molecule has 0 bridgehead atoms. The van der Waals surface area contributed by atoms with E-state index < -0.39 is 0 Å². The minimum Gasteiger partial charge on any atom is -0.338 e. The number of hydrogen-bond acceptors (Lipinski definition) is 3. The quantitative estimate of drug-likeness (QED) is 0.917. The fraction of sp³-hybridized carbons (Fsp3) is 0. The molecule has 0 amide bonds. The van der Waals surface area contributed by atoms with E-state index in [2.05, 4.69) is 31.2 Å². The molecule has 1 N–H and O–H groups in total. The van der Waals surface area contributed by atoms with Gasteiger partial charge in [0.05, 0.1) is 15.2 Å². The fourth-order valence-electron chi connectivity index (χ4n) is 1.13. The first-order chi connectivity index (χ1) is 7.66. The highest BCUT2D eigenvalue weighted by Gasteiger charge is 2.05. The van der Waals surface area contributed by atoms with Crippen LogP contribution < -0.4 is 5.32 Å². The van der Waals surface area contributed by atoms with Crippen LogP contribution >= 0.6 is 27.5 Å². The molecule has 0 aliphatic heterocycles. The molecule has 0 unspecified atom stereocenters. The van der Waals surface area contributed by atoms with Crippen molar-refractivity contribution in [2.75, 3.05) is 5.32 Å². The van der Waals surface area contributed by atoms with Gasteiger partial charge in [0, 0.05) is 6.20 Å². The van der Waals surface area contributed by atoms with Crippen molar-refractivity contribution in [1.82, 2.24) is 9.97 Å². The highest BCUT2D eigenvalue weighted by Crippen LogP contribution is 2.28. The Morgan fingerprint density at radius 1 is 1.38 bits per heavy atom. The number of nitrogens with zero attached hydrogens (tertiary/aromatic N) is 2. The Labute approximate surface area is 105 Å². The van der Waals surface area contributed by atoms with E-state index in [1.807, 2.05) is 0 Å². The molecule has 1 aromatic carbocycles. The van der Waals surface area contributed by atoms with E-state index >= 15 is 0 Å². The second kappa shape index (κ2) is 4.76. The van der Waals surface area contributed by atoms with E-state index in [4.69, 9.17) is 11.6 Å². The average Bonchev–Trinajstić information content (AvgIpc) is 2.27. The maximum absolute atomic E-state index is 13.0. The first-order valence-electron chi connectivity index (χ1n) is 4.34. The molecule has 3 nitrogen and oxygen atoms in total. The van der Waals surface area contributed by atoms with Gasteiger partial charge in [0.1, 0.15) is 18.0 Å². The Hall–Kier alpha value is -1.20. The van der Waals surface area contributed by atoms with E-state index in [0.29, 0.717) is 21.0 Å². The van der Waals surface area contributed by atoms with Crippen LogP contribution in [0.1, 0.15) is 0 Å². The molecule has 2 aromatic rings. The summed E-state index contributed by atoms with van der Waals surface area (Å²) < 4.78 is 13.7. The summed E-state index contributed by atoms with van der Waals surface area (Å²) in [4.78, 5) is 7.82. The zero-order valence-electron chi connectivity index (χ0n) is 7.92. The van der Waals surface area contributed by atoms with E-state index in [1.165, 1.54) is 24.5 Å². The molecule has 16 heavy (non-hydrogen) atoms. The van der Waals surface area contributed by atoms with Crippen LogP contribution in [0.25, 0.3) is 0 Å². The zero-order valence-corrected chi connectivity index (χ0v) is 10.3. The summed E-state index contributed by atoms with van der Waals surface area (Å²) in [7, 11) is 0. The molecule has 0 aliphatic carbocycles. The summed E-state index contributed by atoms with van der Waals surface area (Å²) in [5.74, 6) is 0.166. The zero-order chi connectivity index (χ0) is 11.5. The Balaban J connectivity index is 2.34. The highest BCUT2D eigenvalue weighted by molar-refractivity contribution is 9.10. The van der Waals surface area contributed by atoms with Gasteiger partial charge < -0.3 is 5.32 Å². The molecule has 0 radical (unpaired) electrons. The van der Waals surface area contributed by atoms with Gasteiger partial charge in [-0.05, 0) is 34.1 Å². The Kier molecular flexibility index (Phi) is 3.36. The first kappa shape index (κ1) is 11.3. The summed E-state index contributed by atoms with van der Waals surface area (Å²) in [6.07, 6.45) is 2.98. The second-order valence-corrected chi connectivity index (χ2v) is 4.23. The van der Waals surface area contributed by atoms with Crippen molar-refractivity contribution < 1.29 is 4.39 Å². The van der Waals surface area contributed by atoms with Crippen LogP contribution in [0.3, 0.4) is 0 Å².